The third-order valence-electron chi connectivity index (χ3n) is 5.22. The van der Waals surface area contributed by atoms with Crippen molar-refractivity contribution in [2.24, 2.45) is 0 Å². The van der Waals surface area contributed by atoms with Gasteiger partial charge in [-0.15, -0.1) is 10.2 Å². The standard InChI is InChI=1S/C26H25ClN4O3S/c1-17-13-14-19(27)15-21(17)28-24(32)16-35-26-30-29-25(31(26)20-9-5-4-6-10-20)18(2)34-23-12-8-7-11-22(23)33-3/h4-15,18H,16H2,1-3H3,(H,28,32). The first-order valence-electron chi connectivity index (χ1n) is 11.0. The van der Waals surface area contributed by atoms with Crippen LogP contribution in [-0.2, 0) is 4.79 Å². The molecule has 180 valence electrons. The van der Waals surface area contributed by atoms with E-state index in [4.69, 9.17) is 21.1 Å². The van der Waals surface area contributed by atoms with Crippen molar-refractivity contribution in [3.8, 4) is 17.2 Å². The quantitative estimate of drug-likeness (QED) is 0.275. The molecule has 7 nitrogen and oxygen atoms in total. The van der Waals surface area contributed by atoms with Gasteiger partial charge in [0.1, 0.15) is 0 Å². The van der Waals surface area contributed by atoms with Crippen molar-refractivity contribution >= 4 is 35.0 Å². The Hall–Kier alpha value is -3.49. The summed E-state index contributed by atoms with van der Waals surface area (Å²) >= 11 is 7.37. The predicted octanol–water partition coefficient (Wildman–Crippen LogP) is 6.11. The number of thioether (sulfide) groups is 1. The molecule has 0 aliphatic heterocycles. The zero-order chi connectivity index (χ0) is 24.8. The number of carbonyl (C=O) groups excluding carboxylic acids is 1. The van der Waals surface area contributed by atoms with Crippen molar-refractivity contribution < 1.29 is 14.3 Å². The van der Waals surface area contributed by atoms with E-state index >= 15 is 0 Å². The highest BCUT2D eigenvalue weighted by Crippen LogP contribution is 2.32. The van der Waals surface area contributed by atoms with Crippen LogP contribution in [0, 0.1) is 6.92 Å². The first-order valence-corrected chi connectivity index (χ1v) is 12.3. The molecule has 1 aromatic heterocycles. The van der Waals surface area contributed by atoms with Crippen LogP contribution in [0.15, 0.2) is 78.0 Å². The molecule has 0 fully saturated rings. The molecular weight excluding hydrogens is 484 g/mol. The van der Waals surface area contributed by atoms with Gasteiger partial charge in [0.05, 0.1) is 12.9 Å². The van der Waals surface area contributed by atoms with Gasteiger partial charge in [-0.1, -0.05) is 59.8 Å². The van der Waals surface area contributed by atoms with E-state index in [0.717, 1.165) is 11.3 Å². The molecule has 1 amide bonds. The minimum Gasteiger partial charge on any atom is -0.493 e. The van der Waals surface area contributed by atoms with Gasteiger partial charge >= 0.3 is 0 Å². The fourth-order valence-electron chi connectivity index (χ4n) is 3.46. The van der Waals surface area contributed by atoms with E-state index < -0.39 is 6.10 Å². The largest absolute Gasteiger partial charge is 0.493 e. The molecule has 35 heavy (non-hydrogen) atoms. The molecule has 4 rings (SSSR count). The van der Waals surface area contributed by atoms with Crippen molar-refractivity contribution in [3.05, 3.63) is 89.2 Å². The van der Waals surface area contributed by atoms with Crippen LogP contribution >= 0.6 is 23.4 Å². The molecule has 1 unspecified atom stereocenters. The minimum atomic E-state index is -0.434. The van der Waals surface area contributed by atoms with Crippen molar-refractivity contribution in [2.45, 2.75) is 25.1 Å². The van der Waals surface area contributed by atoms with Crippen molar-refractivity contribution in [2.75, 3.05) is 18.2 Å². The smallest absolute Gasteiger partial charge is 0.234 e. The monoisotopic (exact) mass is 508 g/mol. The number of aryl methyl sites for hydroxylation is 1. The minimum absolute atomic E-state index is 0.151. The van der Waals surface area contributed by atoms with E-state index in [1.807, 2.05) is 79.1 Å². The zero-order valence-corrected chi connectivity index (χ0v) is 21.1. The van der Waals surface area contributed by atoms with Gasteiger partial charge in [-0.3, -0.25) is 9.36 Å². The topological polar surface area (TPSA) is 78.3 Å². The van der Waals surface area contributed by atoms with Crippen LogP contribution in [0.25, 0.3) is 5.69 Å². The Balaban J connectivity index is 1.56. The molecule has 0 aliphatic rings. The number of para-hydroxylation sites is 3. The number of hydrogen-bond donors (Lipinski definition) is 1. The third kappa shape index (κ3) is 5.96. The average Bonchev–Trinajstić information content (AvgIpc) is 3.30. The molecule has 0 radical (unpaired) electrons. The summed E-state index contributed by atoms with van der Waals surface area (Å²) in [6, 6.07) is 22.6. The van der Waals surface area contributed by atoms with E-state index in [2.05, 4.69) is 15.5 Å². The number of ether oxygens (including phenoxy) is 2. The van der Waals surface area contributed by atoms with E-state index in [1.54, 1.807) is 19.2 Å². The number of amides is 1. The summed E-state index contributed by atoms with van der Waals surface area (Å²) in [5.74, 6) is 1.83. The number of halogens is 1. The summed E-state index contributed by atoms with van der Waals surface area (Å²) in [6.07, 6.45) is -0.434. The molecule has 9 heteroatoms. The maximum Gasteiger partial charge on any atom is 0.234 e. The first-order chi connectivity index (χ1) is 17.0. The number of methoxy groups -OCH3 is 1. The lowest BCUT2D eigenvalue weighted by Crippen LogP contribution is -2.16. The Kier molecular flexibility index (Phi) is 7.94. The van der Waals surface area contributed by atoms with Crippen LogP contribution in [-0.4, -0.2) is 33.5 Å². The summed E-state index contributed by atoms with van der Waals surface area (Å²) in [5.41, 5.74) is 2.49. The number of benzene rings is 3. The molecule has 3 aromatic carbocycles. The number of nitrogens with one attached hydrogen (secondary N) is 1. The first kappa shape index (κ1) is 24.6. The third-order valence-corrected chi connectivity index (χ3v) is 6.38. The van der Waals surface area contributed by atoms with Gasteiger partial charge in [0.25, 0.3) is 0 Å². The molecule has 0 aliphatic carbocycles. The van der Waals surface area contributed by atoms with Gasteiger partial charge in [-0.05, 0) is 55.8 Å². The number of rotatable bonds is 9. The van der Waals surface area contributed by atoms with Crippen LogP contribution in [0.3, 0.4) is 0 Å². The van der Waals surface area contributed by atoms with Gasteiger partial charge in [-0.2, -0.15) is 0 Å². The molecule has 0 bridgehead atoms. The summed E-state index contributed by atoms with van der Waals surface area (Å²) in [6.45, 7) is 3.82. The maximum absolute atomic E-state index is 12.7. The van der Waals surface area contributed by atoms with Gasteiger partial charge in [0.2, 0.25) is 5.91 Å². The lowest BCUT2D eigenvalue weighted by molar-refractivity contribution is -0.113. The fraction of sp³-hybridized carbons (Fsp3) is 0.192. The summed E-state index contributed by atoms with van der Waals surface area (Å²) in [7, 11) is 1.60. The van der Waals surface area contributed by atoms with Gasteiger partial charge in [-0.25, -0.2) is 0 Å². The maximum atomic E-state index is 12.7. The van der Waals surface area contributed by atoms with Crippen molar-refractivity contribution in [3.63, 3.8) is 0 Å². The van der Waals surface area contributed by atoms with Crippen molar-refractivity contribution in [1.82, 2.24) is 14.8 Å². The molecule has 0 spiro atoms. The molecule has 1 heterocycles. The molecule has 1 atom stereocenters. The Bertz CT molecular complexity index is 1310. The van der Waals surface area contributed by atoms with Crippen LogP contribution < -0.4 is 14.8 Å². The zero-order valence-electron chi connectivity index (χ0n) is 19.6. The van der Waals surface area contributed by atoms with Crippen LogP contribution in [0.2, 0.25) is 5.02 Å². The van der Waals surface area contributed by atoms with Crippen LogP contribution in [0.1, 0.15) is 24.4 Å². The van der Waals surface area contributed by atoms with E-state index in [0.29, 0.717) is 33.2 Å². The van der Waals surface area contributed by atoms with Gasteiger partial charge < -0.3 is 14.8 Å². The van der Waals surface area contributed by atoms with E-state index in [-0.39, 0.29) is 11.7 Å². The number of carbonyl (C=O) groups is 1. The lowest BCUT2D eigenvalue weighted by Gasteiger charge is -2.18. The second kappa shape index (κ2) is 11.3. The summed E-state index contributed by atoms with van der Waals surface area (Å²) in [5, 5.41) is 12.8. The molecular formula is C26H25ClN4O3S. The number of hydrogen-bond acceptors (Lipinski definition) is 6. The second-order valence-electron chi connectivity index (χ2n) is 7.72. The van der Waals surface area contributed by atoms with Crippen LogP contribution in [0.5, 0.6) is 11.5 Å². The average molecular weight is 509 g/mol. The molecule has 4 aromatic rings. The normalized spacial score (nSPS) is 11.7. The summed E-state index contributed by atoms with van der Waals surface area (Å²) in [4.78, 5) is 12.7. The number of nitrogens with zero attached hydrogens (tertiary/aromatic N) is 3. The fourth-order valence-corrected chi connectivity index (χ4v) is 4.39. The highest BCUT2D eigenvalue weighted by Gasteiger charge is 2.22. The lowest BCUT2D eigenvalue weighted by atomic mass is 10.2. The highest BCUT2D eigenvalue weighted by atomic mass is 35.5. The molecule has 0 saturated carbocycles. The Morgan fingerprint density at radius 2 is 1.77 bits per heavy atom. The van der Waals surface area contributed by atoms with E-state index in [9.17, 15) is 4.79 Å². The predicted molar refractivity (Wildman–Crippen MR) is 139 cm³/mol. The Morgan fingerprint density at radius 1 is 1.06 bits per heavy atom. The Morgan fingerprint density at radius 3 is 2.51 bits per heavy atom. The molecule has 0 saturated heterocycles. The Labute approximate surface area is 213 Å². The second-order valence-corrected chi connectivity index (χ2v) is 9.10. The van der Waals surface area contributed by atoms with Gasteiger partial charge in [0, 0.05) is 16.4 Å². The van der Waals surface area contributed by atoms with Crippen molar-refractivity contribution in [1.29, 1.82) is 0 Å². The van der Waals surface area contributed by atoms with Gasteiger partial charge in [0.15, 0.2) is 28.6 Å². The number of aromatic nitrogens is 3. The number of anilines is 1. The van der Waals surface area contributed by atoms with E-state index in [1.165, 1.54) is 11.8 Å². The highest BCUT2D eigenvalue weighted by molar-refractivity contribution is 7.99. The van der Waals surface area contributed by atoms with Crippen LogP contribution in [0.4, 0.5) is 5.69 Å². The SMILES string of the molecule is COc1ccccc1OC(C)c1nnc(SCC(=O)Nc2cc(Cl)ccc2C)n1-c1ccccc1. The summed E-state index contributed by atoms with van der Waals surface area (Å²) < 4.78 is 13.5. The molecule has 1 N–H and O–H groups in total.